The van der Waals surface area contributed by atoms with E-state index in [1.165, 1.54) is 25.3 Å². The Hall–Kier alpha value is -2.84. The summed E-state index contributed by atoms with van der Waals surface area (Å²) in [7, 11) is 0. The van der Waals surface area contributed by atoms with Gasteiger partial charge in [0, 0.05) is 62.5 Å². The lowest BCUT2D eigenvalue weighted by Gasteiger charge is -2.56. The number of rotatable bonds is 6. The van der Waals surface area contributed by atoms with Gasteiger partial charge in [0.05, 0.1) is 4.92 Å². The highest BCUT2D eigenvalue weighted by Gasteiger charge is 2.51. The summed E-state index contributed by atoms with van der Waals surface area (Å²) >= 11 is 0. The van der Waals surface area contributed by atoms with Crippen LogP contribution in [0.2, 0.25) is 0 Å². The smallest absolute Gasteiger partial charge is 0.315 e. The van der Waals surface area contributed by atoms with Gasteiger partial charge in [-0.15, -0.1) is 0 Å². The van der Waals surface area contributed by atoms with Crippen molar-refractivity contribution in [1.29, 1.82) is 0 Å². The number of nitro benzene ring substituents is 1. The van der Waals surface area contributed by atoms with E-state index in [1.54, 1.807) is 12.1 Å². The maximum absolute atomic E-state index is 12.6. The maximum atomic E-state index is 12.6. The van der Waals surface area contributed by atoms with Crippen molar-refractivity contribution in [2.75, 3.05) is 37.6 Å². The highest BCUT2D eigenvalue weighted by Crippen LogP contribution is 2.55. The predicted octanol–water partition coefficient (Wildman–Crippen LogP) is 2.90. The predicted molar refractivity (Wildman–Crippen MR) is 124 cm³/mol. The molecule has 178 valence electrons. The average Bonchev–Trinajstić information content (AvgIpc) is 2.78. The van der Waals surface area contributed by atoms with Crippen LogP contribution in [0.25, 0.3) is 0 Å². The maximum Gasteiger partial charge on any atom is 0.315 e. The van der Waals surface area contributed by atoms with Gasteiger partial charge in [-0.25, -0.2) is 4.79 Å². The van der Waals surface area contributed by atoms with E-state index in [9.17, 15) is 19.7 Å². The number of piperazine rings is 1. The van der Waals surface area contributed by atoms with E-state index in [-0.39, 0.29) is 29.6 Å². The number of hydrogen-bond donors (Lipinski definition) is 2. The van der Waals surface area contributed by atoms with Gasteiger partial charge >= 0.3 is 6.03 Å². The summed E-state index contributed by atoms with van der Waals surface area (Å²) < 4.78 is 0. The number of anilines is 1. The summed E-state index contributed by atoms with van der Waals surface area (Å²) in [5.41, 5.74) is 0.856. The average molecular weight is 456 g/mol. The summed E-state index contributed by atoms with van der Waals surface area (Å²) in [6.07, 6.45) is 7.63. The van der Waals surface area contributed by atoms with Crippen molar-refractivity contribution in [3.8, 4) is 0 Å². The summed E-state index contributed by atoms with van der Waals surface area (Å²) in [5, 5.41) is 17.2. The fourth-order valence-electron chi connectivity index (χ4n) is 7.01. The van der Waals surface area contributed by atoms with Gasteiger partial charge in [-0.2, -0.15) is 0 Å². The van der Waals surface area contributed by atoms with E-state index in [0.717, 1.165) is 42.7 Å². The number of hydrogen-bond acceptors (Lipinski definition) is 5. The van der Waals surface area contributed by atoms with Gasteiger partial charge in [0.25, 0.3) is 5.69 Å². The van der Waals surface area contributed by atoms with Crippen LogP contribution in [-0.4, -0.2) is 60.0 Å². The first-order valence-corrected chi connectivity index (χ1v) is 12.2. The molecule has 4 aliphatic carbocycles. The van der Waals surface area contributed by atoms with E-state index in [0.29, 0.717) is 32.7 Å². The number of nitrogens with zero attached hydrogens (tertiary/aromatic N) is 3. The molecule has 1 heterocycles. The molecular formula is C24H33N5O4. The Kier molecular flexibility index (Phi) is 5.88. The first kappa shape index (κ1) is 22.0. The highest BCUT2D eigenvalue weighted by molar-refractivity contribution is 5.79. The van der Waals surface area contributed by atoms with Crippen molar-refractivity contribution in [2.24, 2.45) is 17.8 Å². The van der Waals surface area contributed by atoms with Crippen molar-refractivity contribution in [1.82, 2.24) is 15.5 Å². The van der Waals surface area contributed by atoms with Crippen LogP contribution in [0, 0.1) is 27.9 Å². The molecule has 1 aromatic carbocycles. The number of non-ortho nitro benzene ring substituents is 1. The molecule has 33 heavy (non-hydrogen) atoms. The topological polar surface area (TPSA) is 108 Å². The van der Waals surface area contributed by atoms with Crippen LogP contribution in [0.4, 0.5) is 16.2 Å². The molecule has 0 radical (unpaired) electrons. The minimum Gasteiger partial charge on any atom is -0.368 e. The Morgan fingerprint density at radius 3 is 2.27 bits per heavy atom. The van der Waals surface area contributed by atoms with Crippen molar-refractivity contribution in [3.63, 3.8) is 0 Å². The van der Waals surface area contributed by atoms with Crippen LogP contribution in [0.1, 0.15) is 44.9 Å². The van der Waals surface area contributed by atoms with E-state index in [1.807, 2.05) is 11.0 Å². The molecule has 2 N–H and O–H groups in total. The molecule has 0 unspecified atom stereocenters. The first-order valence-electron chi connectivity index (χ1n) is 12.2. The van der Waals surface area contributed by atoms with E-state index in [2.05, 4.69) is 15.5 Å². The van der Waals surface area contributed by atoms with Gasteiger partial charge in [0.1, 0.15) is 0 Å². The Morgan fingerprint density at radius 2 is 1.67 bits per heavy atom. The fraction of sp³-hybridized carbons (Fsp3) is 0.667. The zero-order valence-corrected chi connectivity index (χ0v) is 19.0. The van der Waals surface area contributed by atoms with Crippen LogP contribution in [0.3, 0.4) is 0 Å². The molecule has 6 rings (SSSR count). The van der Waals surface area contributed by atoms with Crippen molar-refractivity contribution < 1.29 is 14.5 Å². The molecule has 9 heteroatoms. The van der Waals surface area contributed by atoms with E-state index >= 15 is 0 Å². The van der Waals surface area contributed by atoms with Gasteiger partial charge in [-0.3, -0.25) is 14.9 Å². The summed E-state index contributed by atoms with van der Waals surface area (Å²) in [6, 6.07) is 6.46. The molecule has 1 saturated heterocycles. The Bertz CT molecular complexity index is 892. The second-order valence-electron chi connectivity index (χ2n) is 10.5. The van der Waals surface area contributed by atoms with Crippen molar-refractivity contribution >= 4 is 23.3 Å². The lowest BCUT2D eigenvalue weighted by Crippen LogP contribution is -2.61. The van der Waals surface area contributed by atoms with Crippen molar-refractivity contribution in [2.45, 2.75) is 50.5 Å². The molecule has 1 aromatic rings. The number of amides is 3. The summed E-state index contributed by atoms with van der Waals surface area (Å²) in [4.78, 5) is 39.7. The number of carbonyl (C=O) groups excluding carboxylic acids is 2. The summed E-state index contributed by atoms with van der Waals surface area (Å²) in [5.74, 6) is 2.36. The number of nitrogens with one attached hydrogen (secondary N) is 2. The molecule has 0 aromatic heterocycles. The number of urea groups is 1. The second-order valence-corrected chi connectivity index (χ2v) is 10.5. The van der Waals surface area contributed by atoms with Gasteiger partial charge in [-0.05, 0) is 62.3 Å². The molecule has 4 saturated carbocycles. The zero-order chi connectivity index (χ0) is 23.0. The van der Waals surface area contributed by atoms with E-state index < -0.39 is 4.92 Å². The van der Waals surface area contributed by atoms with Gasteiger partial charge in [0.2, 0.25) is 5.91 Å². The number of nitro groups is 1. The number of carbonyl (C=O) groups is 2. The Morgan fingerprint density at radius 1 is 1.03 bits per heavy atom. The normalized spacial score (nSPS) is 30.2. The quantitative estimate of drug-likeness (QED) is 0.507. The Labute approximate surface area is 194 Å². The van der Waals surface area contributed by atoms with Crippen LogP contribution in [0.5, 0.6) is 0 Å². The molecule has 5 fully saturated rings. The van der Waals surface area contributed by atoms with E-state index in [4.69, 9.17) is 0 Å². The van der Waals surface area contributed by atoms with Gasteiger partial charge in [-0.1, -0.05) is 6.07 Å². The monoisotopic (exact) mass is 455 g/mol. The van der Waals surface area contributed by atoms with Gasteiger partial charge < -0.3 is 20.4 Å². The second kappa shape index (κ2) is 8.83. The third kappa shape index (κ3) is 4.77. The van der Waals surface area contributed by atoms with Crippen LogP contribution in [-0.2, 0) is 4.79 Å². The van der Waals surface area contributed by atoms with Crippen molar-refractivity contribution in [3.05, 3.63) is 34.4 Å². The fourth-order valence-corrected chi connectivity index (χ4v) is 7.01. The standard InChI is InChI=1S/C24H33N5O4/c30-22(28-8-6-27(7-9-28)20-2-1-3-21(13-20)29(32)33)4-5-25-23(31)26-24-14-17-10-18(15-24)12-19(11-17)16-24/h1-3,13,17-19H,4-12,14-16H2,(H2,25,26,31). The summed E-state index contributed by atoms with van der Waals surface area (Å²) in [6.45, 7) is 2.74. The molecule has 1 aliphatic heterocycles. The molecule has 0 atom stereocenters. The van der Waals surface area contributed by atoms with Crippen LogP contribution in [0.15, 0.2) is 24.3 Å². The zero-order valence-electron chi connectivity index (χ0n) is 19.0. The number of benzene rings is 1. The molecule has 0 spiro atoms. The Balaban J connectivity index is 1.04. The minimum absolute atomic E-state index is 0.0221. The van der Waals surface area contributed by atoms with Crippen LogP contribution >= 0.6 is 0 Å². The molecule has 4 bridgehead atoms. The third-order valence-corrected chi connectivity index (χ3v) is 8.08. The largest absolute Gasteiger partial charge is 0.368 e. The highest BCUT2D eigenvalue weighted by atomic mass is 16.6. The molecule has 3 amide bonds. The lowest BCUT2D eigenvalue weighted by atomic mass is 9.53. The first-order chi connectivity index (χ1) is 15.9. The van der Waals surface area contributed by atoms with Gasteiger partial charge in [0.15, 0.2) is 0 Å². The third-order valence-electron chi connectivity index (χ3n) is 8.08. The van der Waals surface area contributed by atoms with Crippen LogP contribution < -0.4 is 15.5 Å². The lowest BCUT2D eigenvalue weighted by molar-refractivity contribution is -0.384. The molecule has 5 aliphatic rings. The molecular weight excluding hydrogens is 422 g/mol. The minimum atomic E-state index is -0.393. The molecule has 9 nitrogen and oxygen atoms in total. The SMILES string of the molecule is O=C(NCCC(=O)N1CCN(c2cccc([N+](=O)[O-])c2)CC1)NC12CC3CC(CC(C3)C1)C2.